The van der Waals surface area contributed by atoms with E-state index in [-0.39, 0.29) is 23.7 Å². The van der Waals surface area contributed by atoms with Crippen molar-refractivity contribution >= 4 is 15.8 Å². The third kappa shape index (κ3) is 8.62. The molecule has 2 N–H and O–H groups in total. The summed E-state index contributed by atoms with van der Waals surface area (Å²) in [4.78, 5) is 6.60. The van der Waals surface area contributed by atoms with Gasteiger partial charge in [-0.3, -0.25) is 4.99 Å². The van der Waals surface area contributed by atoms with Gasteiger partial charge in [-0.1, -0.05) is 12.1 Å². The maximum Gasteiger partial charge on any atom is 0.191 e. The fraction of sp³-hybridized carbons (Fsp3) is 0.611. The molecule has 0 radical (unpaired) electrons. The molecule has 0 bridgehead atoms. The van der Waals surface area contributed by atoms with E-state index in [4.69, 9.17) is 0 Å². The van der Waals surface area contributed by atoms with Crippen molar-refractivity contribution in [2.45, 2.75) is 32.4 Å². The van der Waals surface area contributed by atoms with Crippen LogP contribution in [0.4, 0.5) is 4.39 Å². The number of hydrogen-bond donors (Lipinski definition) is 2. The van der Waals surface area contributed by atoms with Gasteiger partial charge in [-0.25, -0.2) is 12.8 Å². The van der Waals surface area contributed by atoms with E-state index in [1.807, 2.05) is 38.9 Å². The first-order valence-electron chi connectivity index (χ1n) is 8.76. The van der Waals surface area contributed by atoms with Crippen LogP contribution < -0.4 is 10.6 Å². The van der Waals surface area contributed by atoms with Crippen molar-refractivity contribution in [3.05, 3.63) is 35.6 Å². The highest BCUT2D eigenvalue weighted by atomic mass is 32.2. The number of likely N-dealkylation sites (N-methyl/N-ethyl adjacent to an activating group) is 1. The number of benzene rings is 1. The Morgan fingerprint density at radius 2 is 2.04 bits per heavy atom. The van der Waals surface area contributed by atoms with Gasteiger partial charge in [-0.05, 0) is 52.1 Å². The molecule has 148 valence electrons. The number of halogens is 1. The number of nitrogens with one attached hydrogen (secondary N) is 2. The zero-order valence-electron chi connectivity index (χ0n) is 16.3. The summed E-state index contributed by atoms with van der Waals surface area (Å²) >= 11 is 0. The molecule has 0 fully saturated rings. The molecule has 0 aliphatic heterocycles. The average Bonchev–Trinajstić information content (AvgIpc) is 2.52. The van der Waals surface area contributed by atoms with Gasteiger partial charge >= 0.3 is 0 Å². The molecule has 1 rings (SSSR count). The molecule has 0 heterocycles. The smallest absolute Gasteiger partial charge is 0.191 e. The third-order valence-corrected chi connectivity index (χ3v) is 4.91. The van der Waals surface area contributed by atoms with Crippen LogP contribution >= 0.6 is 0 Å². The van der Waals surface area contributed by atoms with E-state index in [9.17, 15) is 12.8 Å². The minimum Gasteiger partial charge on any atom is -0.357 e. The van der Waals surface area contributed by atoms with Crippen molar-refractivity contribution in [1.82, 2.24) is 15.5 Å². The molecule has 2 atom stereocenters. The molecule has 0 saturated heterocycles. The standard InChI is InChI=1S/C18H31FN4O2S/c1-6-20-18(22-14(2)10-11-26(5,24)25)21-13-17(23(3)4)15-8-7-9-16(19)12-15/h7-9,12,14,17H,6,10-11,13H2,1-5H3,(H2,20,21,22). The molecule has 0 aliphatic rings. The van der Waals surface area contributed by atoms with Gasteiger partial charge in [0.2, 0.25) is 0 Å². The predicted molar refractivity (Wildman–Crippen MR) is 106 cm³/mol. The largest absolute Gasteiger partial charge is 0.357 e. The lowest BCUT2D eigenvalue weighted by atomic mass is 10.1. The van der Waals surface area contributed by atoms with E-state index in [2.05, 4.69) is 15.6 Å². The molecular formula is C18H31FN4O2S. The van der Waals surface area contributed by atoms with Gasteiger partial charge in [-0.2, -0.15) is 0 Å². The fourth-order valence-corrected chi connectivity index (χ4v) is 3.26. The van der Waals surface area contributed by atoms with E-state index < -0.39 is 9.84 Å². The number of aliphatic imine (C=N–C) groups is 1. The Hall–Kier alpha value is -1.67. The van der Waals surface area contributed by atoms with Crippen molar-refractivity contribution in [2.24, 2.45) is 4.99 Å². The van der Waals surface area contributed by atoms with E-state index in [1.54, 1.807) is 6.07 Å². The first-order chi connectivity index (χ1) is 12.1. The molecule has 8 heteroatoms. The van der Waals surface area contributed by atoms with Crippen LogP contribution in [0.2, 0.25) is 0 Å². The topological polar surface area (TPSA) is 73.8 Å². The maximum absolute atomic E-state index is 13.5. The lowest BCUT2D eigenvalue weighted by molar-refractivity contribution is 0.305. The van der Waals surface area contributed by atoms with Gasteiger partial charge in [0.1, 0.15) is 15.7 Å². The van der Waals surface area contributed by atoms with Gasteiger partial charge in [0.15, 0.2) is 5.96 Å². The molecule has 1 aromatic rings. The highest BCUT2D eigenvalue weighted by Crippen LogP contribution is 2.19. The highest BCUT2D eigenvalue weighted by Gasteiger charge is 2.15. The molecule has 26 heavy (non-hydrogen) atoms. The molecular weight excluding hydrogens is 355 g/mol. The van der Waals surface area contributed by atoms with Crippen LogP contribution in [0.1, 0.15) is 31.9 Å². The number of sulfone groups is 1. The molecule has 2 unspecified atom stereocenters. The number of hydrogen-bond acceptors (Lipinski definition) is 4. The summed E-state index contributed by atoms with van der Waals surface area (Å²) in [5.74, 6) is 0.485. The van der Waals surface area contributed by atoms with E-state index in [1.165, 1.54) is 18.4 Å². The second-order valence-electron chi connectivity index (χ2n) is 6.72. The van der Waals surface area contributed by atoms with Gasteiger partial charge in [-0.15, -0.1) is 0 Å². The van der Waals surface area contributed by atoms with Gasteiger partial charge in [0.05, 0.1) is 18.3 Å². The molecule has 0 saturated carbocycles. The monoisotopic (exact) mass is 386 g/mol. The SMILES string of the molecule is CCNC(=NCC(c1cccc(F)c1)N(C)C)NC(C)CCS(C)(=O)=O. The summed E-state index contributed by atoms with van der Waals surface area (Å²) in [6, 6.07) is 6.44. The Morgan fingerprint density at radius 3 is 2.58 bits per heavy atom. The zero-order chi connectivity index (χ0) is 19.7. The summed E-state index contributed by atoms with van der Waals surface area (Å²) in [6.45, 7) is 5.03. The Kier molecular flexibility index (Phi) is 9.01. The van der Waals surface area contributed by atoms with Crippen LogP contribution in [-0.4, -0.2) is 64.5 Å². The fourth-order valence-electron chi connectivity index (χ4n) is 2.47. The van der Waals surface area contributed by atoms with Crippen LogP contribution in [0.15, 0.2) is 29.3 Å². The summed E-state index contributed by atoms with van der Waals surface area (Å²) < 4.78 is 36.2. The summed E-state index contributed by atoms with van der Waals surface area (Å²) in [6.07, 6.45) is 1.74. The molecule has 0 aliphatic carbocycles. The van der Waals surface area contributed by atoms with Crippen molar-refractivity contribution in [3.63, 3.8) is 0 Å². The molecule has 6 nitrogen and oxygen atoms in total. The van der Waals surface area contributed by atoms with Crippen molar-refractivity contribution < 1.29 is 12.8 Å². The molecule has 0 spiro atoms. The highest BCUT2D eigenvalue weighted by molar-refractivity contribution is 7.90. The molecule has 0 amide bonds. The number of nitrogens with zero attached hydrogens (tertiary/aromatic N) is 2. The zero-order valence-corrected chi connectivity index (χ0v) is 17.1. The Morgan fingerprint density at radius 1 is 1.35 bits per heavy atom. The average molecular weight is 387 g/mol. The first-order valence-corrected chi connectivity index (χ1v) is 10.8. The van der Waals surface area contributed by atoms with Crippen molar-refractivity contribution in [3.8, 4) is 0 Å². The Bertz CT molecular complexity index is 692. The molecule has 0 aromatic heterocycles. The number of rotatable bonds is 9. The van der Waals surface area contributed by atoms with Crippen LogP contribution in [0.5, 0.6) is 0 Å². The second-order valence-corrected chi connectivity index (χ2v) is 8.98. The predicted octanol–water partition coefficient (Wildman–Crippen LogP) is 1.81. The second kappa shape index (κ2) is 10.5. The van der Waals surface area contributed by atoms with Crippen LogP contribution in [0.3, 0.4) is 0 Å². The number of guanidine groups is 1. The minimum absolute atomic E-state index is 0.0329. The van der Waals surface area contributed by atoms with Crippen molar-refractivity contribution in [2.75, 3.05) is 39.2 Å². The van der Waals surface area contributed by atoms with Crippen LogP contribution in [-0.2, 0) is 9.84 Å². The summed E-state index contributed by atoms with van der Waals surface area (Å²) in [7, 11) is 0.875. The van der Waals surface area contributed by atoms with E-state index in [0.717, 1.165) is 5.56 Å². The van der Waals surface area contributed by atoms with Crippen LogP contribution in [0.25, 0.3) is 0 Å². The Balaban J connectivity index is 2.81. The van der Waals surface area contributed by atoms with E-state index >= 15 is 0 Å². The lowest BCUT2D eigenvalue weighted by Gasteiger charge is -2.24. The maximum atomic E-state index is 13.5. The summed E-state index contributed by atoms with van der Waals surface area (Å²) in [5, 5.41) is 6.39. The van der Waals surface area contributed by atoms with Gasteiger partial charge < -0.3 is 15.5 Å². The van der Waals surface area contributed by atoms with Gasteiger partial charge in [0, 0.05) is 18.8 Å². The van der Waals surface area contributed by atoms with Gasteiger partial charge in [0.25, 0.3) is 0 Å². The van der Waals surface area contributed by atoms with E-state index in [0.29, 0.717) is 25.5 Å². The van der Waals surface area contributed by atoms with Crippen molar-refractivity contribution in [1.29, 1.82) is 0 Å². The van der Waals surface area contributed by atoms with Crippen LogP contribution in [0, 0.1) is 5.82 Å². The lowest BCUT2D eigenvalue weighted by Crippen LogP contribution is -2.43. The normalized spacial score (nSPS) is 15.0. The first kappa shape index (κ1) is 22.4. The quantitative estimate of drug-likeness (QED) is 0.500. The molecule has 1 aromatic carbocycles. The Labute approximate surface area is 156 Å². The minimum atomic E-state index is -2.99. The summed E-state index contributed by atoms with van der Waals surface area (Å²) in [5.41, 5.74) is 0.861. The third-order valence-electron chi connectivity index (χ3n) is 3.93.